The largest absolute Gasteiger partial charge is 0.425 e. The summed E-state index contributed by atoms with van der Waals surface area (Å²) in [4.78, 5) is 49.8. The van der Waals surface area contributed by atoms with E-state index < -0.39 is 42.8 Å². The first kappa shape index (κ1) is 26.6. The van der Waals surface area contributed by atoms with Crippen LogP contribution in [0.15, 0.2) is 6.33 Å². The van der Waals surface area contributed by atoms with Crippen LogP contribution in [0.4, 0.5) is 10.6 Å². The highest BCUT2D eigenvalue weighted by atomic mass is 16.6. The number of piperidine rings is 1. The Morgan fingerprint density at radius 1 is 1.28 bits per heavy atom. The van der Waals surface area contributed by atoms with Crippen LogP contribution in [0.2, 0.25) is 0 Å². The van der Waals surface area contributed by atoms with Gasteiger partial charge in [-0.2, -0.15) is 0 Å². The number of likely N-dealkylation sites (tertiary alicyclic amines) is 1. The minimum atomic E-state index is -1.44. The number of fused-ring (bicyclic) bond motifs is 1. The van der Waals surface area contributed by atoms with Crippen LogP contribution < -0.4 is 16.4 Å². The minimum Gasteiger partial charge on any atom is -0.425 e. The number of β-lactam (4-membered cyclic amide) rings is 1. The van der Waals surface area contributed by atoms with Crippen LogP contribution in [0, 0.1) is 17.8 Å². The molecule has 2 aromatic rings. The maximum Gasteiger partial charge on any atom is 0.411 e. The van der Waals surface area contributed by atoms with Gasteiger partial charge >= 0.3 is 6.09 Å². The monoisotopic (exact) mass is 542 g/mol. The van der Waals surface area contributed by atoms with Crippen molar-refractivity contribution in [1.82, 2.24) is 35.1 Å². The number of imidazole rings is 1. The van der Waals surface area contributed by atoms with E-state index in [9.17, 15) is 24.6 Å². The van der Waals surface area contributed by atoms with Gasteiger partial charge in [0.1, 0.15) is 17.7 Å². The highest BCUT2D eigenvalue weighted by Crippen LogP contribution is 2.32. The van der Waals surface area contributed by atoms with Gasteiger partial charge in [-0.25, -0.2) is 19.7 Å². The number of likely N-dealkylation sites (N-methyl/N-ethyl adjacent to an activating group) is 1. The Morgan fingerprint density at radius 3 is 2.72 bits per heavy atom. The number of ether oxygens (including phenoxy) is 2. The lowest BCUT2D eigenvalue weighted by atomic mass is 9.94. The number of nitrogens with one attached hydrogen (secondary N) is 2. The number of aliphatic hydroxyl groups is 2. The lowest BCUT2D eigenvalue weighted by molar-refractivity contribution is -0.138. The van der Waals surface area contributed by atoms with Gasteiger partial charge in [-0.15, -0.1) is 0 Å². The summed E-state index contributed by atoms with van der Waals surface area (Å²) in [5.41, 5.74) is 6.59. The number of amides is 3. The Morgan fingerprint density at radius 2 is 2.03 bits per heavy atom. The minimum absolute atomic E-state index is 0.0887. The number of aliphatic hydroxyl groups excluding tert-OH is 2. The zero-order valence-corrected chi connectivity index (χ0v) is 21.2. The highest BCUT2D eigenvalue weighted by Gasteiger charge is 2.47. The van der Waals surface area contributed by atoms with E-state index in [-0.39, 0.29) is 41.1 Å². The Balaban J connectivity index is 1.22. The van der Waals surface area contributed by atoms with Gasteiger partial charge in [0, 0.05) is 26.1 Å². The Labute approximate surface area is 223 Å². The molecule has 5 rings (SSSR count). The fourth-order valence-electron chi connectivity index (χ4n) is 4.75. The lowest BCUT2D eigenvalue weighted by Crippen LogP contribution is -2.53. The van der Waals surface area contributed by atoms with Crippen LogP contribution in [0.5, 0.6) is 0 Å². The molecule has 15 heteroatoms. The number of anilines is 1. The van der Waals surface area contributed by atoms with E-state index in [0.29, 0.717) is 26.1 Å². The molecule has 3 aliphatic rings. The first-order valence-corrected chi connectivity index (χ1v) is 12.8. The number of aromatic nitrogens is 4. The zero-order chi connectivity index (χ0) is 27.7. The summed E-state index contributed by atoms with van der Waals surface area (Å²) in [5, 5.41) is 26.0. The Bertz CT molecular complexity index is 1320. The number of nitrogens with two attached hydrogens (primary N) is 1. The molecule has 3 aliphatic heterocycles. The molecule has 0 aliphatic carbocycles. The quantitative estimate of drug-likeness (QED) is 0.219. The average Bonchev–Trinajstić information content (AvgIpc) is 3.44. The molecule has 0 bridgehead atoms. The predicted molar refractivity (Wildman–Crippen MR) is 133 cm³/mol. The Kier molecular flexibility index (Phi) is 7.51. The fraction of sp³-hybridized carbons (Fsp3) is 0.583. The summed E-state index contributed by atoms with van der Waals surface area (Å²) in [7, 11) is 0. The average molecular weight is 543 g/mol. The second-order valence-electron chi connectivity index (χ2n) is 9.66. The van der Waals surface area contributed by atoms with Crippen LogP contribution in [-0.2, 0) is 19.1 Å². The van der Waals surface area contributed by atoms with Gasteiger partial charge < -0.3 is 41.0 Å². The summed E-state index contributed by atoms with van der Waals surface area (Å²) in [6, 6.07) is 0. The van der Waals surface area contributed by atoms with Crippen LogP contribution in [0.3, 0.4) is 0 Å². The maximum atomic E-state index is 12.2. The number of hydrogen-bond acceptors (Lipinski definition) is 11. The SMILES string of the molecule is CCNC(=O)[C@H]1O[C@@H](n2cnc3c(N)nc(C#CCC4CCN(C(=O)OC5CC(=O)N5)CC4)nc32)[C@@H](O)C1O. The zero-order valence-electron chi connectivity index (χ0n) is 21.2. The van der Waals surface area contributed by atoms with E-state index in [2.05, 4.69) is 37.4 Å². The second kappa shape index (κ2) is 11.0. The molecule has 5 atom stereocenters. The molecule has 2 aromatic heterocycles. The fourth-order valence-corrected chi connectivity index (χ4v) is 4.75. The summed E-state index contributed by atoms with van der Waals surface area (Å²) in [6.07, 6.45) is -2.57. The van der Waals surface area contributed by atoms with E-state index in [1.54, 1.807) is 11.8 Å². The molecule has 0 radical (unpaired) electrons. The molecule has 39 heavy (non-hydrogen) atoms. The van der Waals surface area contributed by atoms with Crippen molar-refractivity contribution in [1.29, 1.82) is 0 Å². The van der Waals surface area contributed by atoms with Crippen molar-refractivity contribution >= 4 is 34.9 Å². The molecule has 6 N–H and O–H groups in total. The predicted octanol–water partition coefficient (Wildman–Crippen LogP) is -1.40. The van der Waals surface area contributed by atoms with Crippen molar-refractivity contribution in [3.05, 3.63) is 12.2 Å². The van der Waals surface area contributed by atoms with Crippen molar-refractivity contribution < 1.29 is 34.1 Å². The van der Waals surface area contributed by atoms with Crippen molar-refractivity contribution in [2.24, 2.45) is 5.92 Å². The topological polar surface area (TPSA) is 207 Å². The molecule has 0 aromatic carbocycles. The van der Waals surface area contributed by atoms with E-state index in [4.69, 9.17) is 15.2 Å². The van der Waals surface area contributed by atoms with Crippen molar-refractivity contribution in [3.8, 4) is 11.8 Å². The standard InChI is InChI=1S/C24H30N8O7/c1-2-26-22(36)19-17(34)18(35)23(39-19)32-11-27-16-20(25)28-13(29-21(16)32)5-3-4-12-6-8-31(9-7-12)24(37)38-15-10-14(33)30-15/h11-12,15,17-19,23,34-35H,2,4,6-10H2,1H3,(H,26,36)(H,30,33)(H2,25,28,29)/t15?,17?,18-,19-,23+/m0/s1. The first-order valence-electron chi connectivity index (χ1n) is 12.8. The normalized spacial score (nSPS) is 26.9. The molecule has 0 spiro atoms. The number of hydrogen-bond donors (Lipinski definition) is 5. The third-order valence-corrected chi connectivity index (χ3v) is 6.97. The number of rotatable bonds is 5. The van der Waals surface area contributed by atoms with Gasteiger partial charge in [-0.05, 0) is 31.6 Å². The van der Waals surface area contributed by atoms with Gasteiger partial charge in [0.15, 0.2) is 30.0 Å². The van der Waals surface area contributed by atoms with E-state index in [0.717, 1.165) is 12.8 Å². The first-order chi connectivity index (χ1) is 18.7. The van der Waals surface area contributed by atoms with Gasteiger partial charge in [-0.1, -0.05) is 5.92 Å². The molecule has 2 unspecified atom stereocenters. The number of nitrogen functional groups attached to an aromatic ring is 1. The molecule has 208 valence electrons. The van der Waals surface area contributed by atoms with Crippen molar-refractivity contribution in [2.75, 3.05) is 25.4 Å². The molecule has 3 amide bonds. The number of nitrogens with zero attached hydrogens (tertiary/aromatic N) is 5. The lowest BCUT2D eigenvalue weighted by Gasteiger charge is -2.33. The Hall–Kier alpha value is -4.00. The van der Waals surface area contributed by atoms with Gasteiger partial charge in [0.05, 0.1) is 12.7 Å². The van der Waals surface area contributed by atoms with E-state index >= 15 is 0 Å². The highest BCUT2D eigenvalue weighted by molar-refractivity contribution is 5.84. The molecule has 5 heterocycles. The molecule has 3 saturated heterocycles. The molecule has 15 nitrogen and oxygen atoms in total. The van der Waals surface area contributed by atoms with Gasteiger partial charge in [0.2, 0.25) is 11.7 Å². The second-order valence-corrected chi connectivity index (χ2v) is 9.66. The summed E-state index contributed by atoms with van der Waals surface area (Å²) in [5.74, 6) is 5.84. The van der Waals surface area contributed by atoms with E-state index in [1.807, 2.05) is 0 Å². The third-order valence-electron chi connectivity index (χ3n) is 6.97. The van der Waals surface area contributed by atoms with Gasteiger partial charge in [-0.3, -0.25) is 14.2 Å². The summed E-state index contributed by atoms with van der Waals surface area (Å²) in [6.45, 7) is 3.15. The van der Waals surface area contributed by atoms with Crippen LogP contribution in [0.25, 0.3) is 11.2 Å². The molecule has 0 saturated carbocycles. The molecule has 3 fully saturated rings. The summed E-state index contributed by atoms with van der Waals surface area (Å²) < 4.78 is 12.3. The van der Waals surface area contributed by atoms with Crippen molar-refractivity contribution in [3.63, 3.8) is 0 Å². The van der Waals surface area contributed by atoms with Crippen LogP contribution >= 0.6 is 0 Å². The molecular formula is C24H30N8O7. The van der Waals surface area contributed by atoms with Crippen molar-refractivity contribution in [2.45, 2.75) is 63.4 Å². The third kappa shape index (κ3) is 5.44. The van der Waals surface area contributed by atoms with E-state index in [1.165, 1.54) is 10.9 Å². The smallest absolute Gasteiger partial charge is 0.411 e. The summed E-state index contributed by atoms with van der Waals surface area (Å²) >= 11 is 0. The number of carbonyl (C=O) groups excluding carboxylic acids is 3. The number of carbonyl (C=O) groups is 3. The molecular weight excluding hydrogens is 512 g/mol. The van der Waals surface area contributed by atoms with Crippen LogP contribution in [-0.4, -0.2) is 96.7 Å². The van der Waals surface area contributed by atoms with Crippen LogP contribution in [0.1, 0.15) is 44.7 Å². The van der Waals surface area contributed by atoms with Gasteiger partial charge in [0.25, 0.3) is 5.91 Å². The maximum absolute atomic E-state index is 12.2.